The summed E-state index contributed by atoms with van der Waals surface area (Å²) in [5, 5.41) is 8.57. The first kappa shape index (κ1) is 14.3. The Morgan fingerprint density at radius 1 is 1.16 bits per heavy atom. The number of hydrogen-bond acceptors (Lipinski definition) is 4. The van der Waals surface area contributed by atoms with E-state index >= 15 is 0 Å². The minimum absolute atomic E-state index is 0.0424. The van der Waals surface area contributed by atoms with E-state index in [1.54, 1.807) is 4.90 Å². The van der Waals surface area contributed by atoms with Crippen molar-refractivity contribution in [3.63, 3.8) is 0 Å². The second-order valence-electron chi connectivity index (χ2n) is 5.21. The fourth-order valence-electron chi connectivity index (χ4n) is 2.63. The molecule has 0 radical (unpaired) electrons. The van der Waals surface area contributed by atoms with E-state index in [4.69, 9.17) is 9.84 Å². The number of aliphatic carboxylic acids is 1. The molecule has 2 aliphatic heterocycles. The van der Waals surface area contributed by atoms with Gasteiger partial charge in [0.25, 0.3) is 0 Å². The molecule has 2 heterocycles. The standard InChI is InChI=1S/C13H22N2O4/c16-12(3-4-13(17)18)15-7-5-14(6-8-15)10-11-2-1-9-19-11/h11H,1-10H2,(H,17,18). The van der Waals surface area contributed by atoms with Crippen LogP contribution in [0.1, 0.15) is 25.7 Å². The topological polar surface area (TPSA) is 70.1 Å². The van der Waals surface area contributed by atoms with Crippen LogP contribution in [-0.4, -0.2) is 72.2 Å². The van der Waals surface area contributed by atoms with Crippen LogP contribution < -0.4 is 0 Å². The van der Waals surface area contributed by atoms with Crippen molar-refractivity contribution in [1.29, 1.82) is 0 Å². The highest BCUT2D eigenvalue weighted by Crippen LogP contribution is 2.14. The summed E-state index contributed by atoms with van der Waals surface area (Å²) in [4.78, 5) is 26.3. The van der Waals surface area contributed by atoms with Gasteiger partial charge in [0.1, 0.15) is 0 Å². The maximum Gasteiger partial charge on any atom is 0.303 e. The first-order valence-corrected chi connectivity index (χ1v) is 6.98. The van der Waals surface area contributed by atoms with E-state index in [-0.39, 0.29) is 18.7 Å². The van der Waals surface area contributed by atoms with Crippen molar-refractivity contribution in [3.05, 3.63) is 0 Å². The zero-order valence-corrected chi connectivity index (χ0v) is 11.2. The Bertz CT molecular complexity index is 321. The molecule has 0 aromatic carbocycles. The lowest BCUT2D eigenvalue weighted by molar-refractivity contribution is -0.141. The summed E-state index contributed by atoms with van der Waals surface area (Å²) in [6.07, 6.45) is 2.68. The second-order valence-corrected chi connectivity index (χ2v) is 5.21. The minimum Gasteiger partial charge on any atom is -0.481 e. The number of hydrogen-bond donors (Lipinski definition) is 1. The molecule has 19 heavy (non-hydrogen) atoms. The van der Waals surface area contributed by atoms with Gasteiger partial charge in [0, 0.05) is 45.8 Å². The highest BCUT2D eigenvalue weighted by atomic mass is 16.5. The molecule has 1 atom stereocenters. The first-order valence-electron chi connectivity index (χ1n) is 6.98. The van der Waals surface area contributed by atoms with Gasteiger partial charge < -0.3 is 14.7 Å². The minimum atomic E-state index is -0.912. The molecule has 2 aliphatic rings. The molecular formula is C13H22N2O4. The molecule has 2 fully saturated rings. The number of carboxylic acid groups (broad SMARTS) is 1. The molecule has 1 unspecified atom stereocenters. The van der Waals surface area contributed by atoms with Crippen molar-refractivity contribution in [2.45, 2.75) is 31.8 Å². The third kappa shape index (κ3) is 4.47. The molecule has 0 aromatic rings. The Morgan fingerprint density at radius 3 is 2.47 bits per heavy atom. The SMILES string of the molecule is O=C(O)CCC(=O)N1CCN(CC2CCCO2)CC1. The summed E-state index contributed by atoms with van der Waals surface area (Å²) in [7, 11) is 0. The number of rotatable bonds is 5. The van der Waals surface area contributed by atoms with Gasteiger partial charge in [0.05, 0.1) is 12.5 Å². The number of carbonyl (C=O) groups excluding carboxylic acids is 1. The lowest BCUT2D eigenvalue weighted by Gasteiger charge is -2.35. The Kier molecular flexibility index (Phi) is 5.15. The van der Waals surface area contributed by atoms with Crippen LogP contribution >= 0.6 is 0 Å². The van der Waals surface area contributed by atoms with Crippen molar-refractivity contribution < 1.29 is 19.4 Å². The van der Waals surface area contributed by atoms with E-state index in [9.17, 15) is 9.59 Å². The van der Waals surface area contributed by atoms with E-state index in [2.05, 4.69) is 4.90 Å². The maximum absolute atomic E-state index is 11.8. The summed E-state index contributed by atoms with van der Waals surface area (Å²) in [6, 6.07) is 0. The van der Waals surface area contributed by atoms with Crippen molar-refractivity contribution in [2.24, 2.45) is 0 Å². The van der Waals surface area contributed by atoms with Gasteiger partial charge in [-0.05, 0) is 12.8 Å². The number of carboxylic acids is 1. The number of carbonyl (C=O) groups is 2. The van der Waals surface area contributed by atoms with Gasteiger partial charge >= 0.3 is 5.97 Å². The molecule has 6 heteroatoms. The zero-order valence-electron chi connectivity index (χ0n) is 11.2. The van der Waals surface area contributed by atoms with Crippen LogP contribution in [0.15, 0.2) is 0 Å². The summed E-state index contributed by atoms with van der Waals surface area (Å²) < 4.78 is 5.61. The van der Waals surface area contributed by atoms with Gasteiger partial charge in [-0.2, -0.15) is 0 Å². The van der Waals surface area contributed by atoms with Crippen LogP contribution in [0.25, 0.3) is 0 Å². The average Bonchev–Trinajstić information content (AvgIpc) is 2.89. The van der Waals surface area contributed by atoms with Crippen LogP contribution in [0, 0.1) is 0 Å². The number of ether oxygens (including phenoxy) is 1. The van der Waals surface area contributed by atoms with E-state index in [0.717, 1.165) is 39.1 Å². The first-order chi connectivity index (χ1) is 9.15. The van der Waals surface area contributed by atoms with E-state index in [0.29, 0.717) is 19.2 Å². The summed E-state index contributed by atoms with van der Waals surface area (Å²) in [5.74, 6) is -0.954. The molecule has 2 saturated heterocycles. The Hall–Kier alpha value is -1.14. The van der Waals surface area contributed by atoms with E-state index < -0.39 is 5.97 Å². The summed E-state index contributed by atoms with van der Waals surface area (Å²) >= 11 is 0. The van der Waals surface area contributed by atoms with Crippen molar-refractivity contribution in [1.82, 2.24) is 9.80 Å². The van der Waals surface area contributed by atoms with Crippen molar-refractivity contribution in [3.8, 4) is 0 Å². The van der Waals surface area contributed by atoms with Gasteiger partial charge in [-0.25, -0.2) is 0 Å². The van der Waals surface area contributed by atoms with Gasteiger partial charge in [0.15, 0.2) is 0 Å². The lowest BCUT2D eigenvalue weighted by Crippen LogP contribution is -2.50. The molecule has 2 rings (SSSR count). The smallest absolute Gasteiger partial charge is 0.303 e. The molecule has 0 spiro atoms. The zero-order chi connectivity index (χ0) is 13.7. The molecule has 108 valence electrons. The molecular weight excluding hydrogens is 248 g/mol. The van der Waals surface area contributed by atoms with Crippen molar-refractivity contribution >= 4 is 11.9 Å². The Morgan fingerprint density at radius 2 is 1.89 bits per heavy atom. The summed E-state index contributed by atoms with van der Waals surface area (Å²) in [5.41, 5.74) is 0. The van der Waals surface area contributed by atoms with Gasteiger partial charge in [0.2, 0.25) is 5.91 Å². The van der Waals surface area contributed by atoms with Gasteiger partial charge in [-0.1, -0.05) is 0 Å². The van der Waals surface area contributed by atoms with Crippen molar-refractivity contribution in [2.75, 3.05) is 39.3 Å². The largest absolute Gasteiger partial charge is 0.481 e. The Labute approximate surface area is 113 Å². The molecule has 0 aliphatic carbocycles. The number of piperazine rings is 1. The molecule has 1 amide bonds. The van der Waals surface area contributed by atoms with Gasteiger partial charge in [-0.3, -0.25) is 14.5 Å². The lowest BCUT2D eigenvalue weighted by atomic mass is 10.2. The monoisotopic (exact) mass is 270 g/mol. The number of nitrogens with zero attached hydrogens (tertiary/aromatic N) is 2. The van der Waals surface area contributed by atoms with Crippen LogP contribution in [0.3, 0.4) is 0 Å². The molecule has 1 N–H and O–H groups in total. The normalized spacial score (nSPS) is 24.6. The fraction of sp³-hybridized carbons (Fsp3) is 0.846. The highest BCUT2D eigenvalue weighted by Gasteiger charge is 2.24. The van der Waals surface area contributed by atoms with Crippen LogP contribution in [0.5, 0.6) is 0 Å². The second kappa shape index (κ2) is 6.86. The van der Waals surface area contributed by atoms with E-state index in [1.807, 2.05) is 0 Å². The fourth-order valence-corrected chi connectivity index (χ4v) is 2.63. The Balaban J connectivity index is 1.66. The highest BCUT2D eigenvalue weighted by molar-refractivity contribution is 5.80. The predicted molar refractivity (Wildman–Crippen MR) is 68.9 cm³/mol. The number of amides is 1. The quantitative estimate of drug-likeness (QED) is 0.771. The van der Waals surface area contributed by atoms with Crippen LogP contribution in [0.2, 0.25) is 0 Å². The van der Waals surface area contributed by atoms with Gasteiger partial charge in [-0.15, -0.1) is 0 Å². The third-order valence-corrected chi connectivity index (χ3v) is 3.76. The molecule has 0 aromatic heterocycles. The molecule has 0 bridgehead atoms. The maximum atomic E-state index is 11.8. The predicted octanol–water partition coefficient (Wildman–Crippen LogP) is 0.174. The van der Waals surface area contributed by atoms with Crippen LogP contribution in [0.4, 0.5) is 0 Å². The van der Waals surface area contributed by atoms with E-state index in [1.165, 1.54) is 0 Å². The third-order valence-electron chi connectivity index (χ3n) is 3.76. The van der Waals surface area contributed by atoms with Crippen LogP contribution in [-0.2, 0) is 14.3 Å². The molecule has 6 nitrogen and oxygen atoms in total. The summed E-state index contributed by atoms with van der Waals surface area (Å²) in [6.45, 7) is 4.95. The average molecular weight is 270 g/mol. The molecule has 0 saturated carbocycles.